The second-order valence-electron chi connectivity index (χ2n) is 6.38. The fourth-order valence-corrected chi connectivity index (χ4v) is 3.73. The van der Waals surface area contributed by atoms with E-state index in [1.807, 2.05) is 47.8 Å². The number of nitrogens with one attached hydrogen (secondary N) is 1. The molecule has 0 unspecified atom stereocenters. The van der Waals surface area contributed by atoms with E-state index in [1.165, 1.54) is 0 Å². The molecule has 142 valence electrons. The van der Waals surface area contributed by atoms with Crippen molar-refractivity contribution in [3.63, 3.8) is 0 Å². The van der Waals surface area contributed by atoms with Gasteiger partial charge in [-0.1, -0.05) is 30.3 Å². The highest BCUT2D eigenvalue weighted by Gasteiger charge is 2.21. The van der Waals surface area contributed by atoms with E-state index in [0.717, 1.165) is 22.0 Å². The van der Waals surface area contributed by atoms with Gasteiger partial charge in [-0.05, 0) is 24.3 Å². The van der Waals surface area contributed by atoms with Crippen LogP contribution in [0.4, 0.5) is 10.5 Å². The summed E-state index contributed by atoms with van der Waals surface area (Å²) in [5, 5.41) is 5.88. The minimum absolute atomic E-state index is 0.135. The first-order valence-electron chi connectivity index (χ1n) is 9.02. The molecule has 0 spiro atoms. The molecular formula is C21H19N3O3S. The molecule has 3 aromatic rings. The predicted octanol–water partition coefficient (Wildman–Crippen LogP) is 4.06. The average molecular weight is 393 g/mol. The first-order chi connectivity index (χ1) is 13.7. The third kappa shape index (κ3) is 4.20. The van der Waals surface area contributed by atoms with E-state index in [0.29, 0.717) is 31.7 Å². The van der Waals surface area contributed by atoms with E-state index in [1.54, 1.807) is 28.4 Å². The van der Waals surface area contributed by atoms with Gasteiger partial charge < -0.3 is 15.0 Å². The van der Waals surface area contributed by atoms with Gasteiger partial charge in [0.1, 0.15) is 6.61 Å². The second kappa shape index (κ2) is 8.22. The molecule has 1 aromatic heterocycles. The summed E-state index contributed by atoms with van der Waals surface area (Å²) in [6.07, 6.45) is 0.468. The Morgan fingerprint density at radius 2 is 1.93 bits per heavy atom. The maximum absolute atomic E-state index is 12.2. The Labute approximate surface area is 166 Å². The molecule has 2 heterocycles. The number of thiazole rings is 1. The van der Waals surface area contributed by atoms with Gasteiger partial charge in [0.25, 0.3) is 5.91 Å². The average Bonchev–Trinajstić information content (AvgIpc) is 3.36. The van der Waals surface area contributed by atoms with Crippen molar-refractivity contribution >= 4 is 29.0 Å². The zero-order valence-corrected chi connectivity index (χ0v) is 15.9. The van der Waals surface area contributed by atoms with Crippen molar-refractivity contribution in [2.24, 2.45) is 0 Å². The molecule has 7 heteroatoms. The van der Waals surface area contributed by atoms with E-state index in [4.69, 9.17) is 4.74 Å². The summed E-state index contributed by atoms with van der Waals surface area (Å²) < 4.78 is 4.94. The van der Waals surface area contributed by atoms with Crippen molar-refractivity contribution in [3.8, 4) is 11.3 Å². The maximum Gasteiger partial charge on any atom is 0.409 e. The van der Waals surface area contributed by atoms with E-state index in [2.05, 4.69) is 10.3 Å². The van der Waals surface area contributed by atoms with Gasteiger partial charge in [0.05, 0.1) is 17.2 Å². The molecule has 2 amide bonds. The van der Waals surface area contributed by atoms with Crippen LogP contribution in [0.15, 0.2) is 60.0 Å². The lowest BCUT2D eigenvalue weighted by molar-refractivity contribution is 0.102. The van der Waals surface area contributed by atoms with Gasteiger partial charge >= 0.3 is 6.09 Å². The number of rotatable bonds is 6. The number of cyclic esters (lactones) is 1. The first-order valence-corrected chi connectivity index (χ1v) is 9.90. The quantitative estimate of drug-likeness (QED) is 0.686. The summed E-state index contributed by atoms with van der Waals surface area (Å²) in [6.45, 7) is 1.73. The van der Waals surface area contributed by atoms with Crippen LogP contribution in [0.5, 0.6) is 0 Å². The number of ether oxygens (including phenoxy) is 1. The Morgan fingerprint density at radius 3 is 2.64 bits per heavy atom. The van der Waals surface area contributed by atoms with Crippen LogP contribution in [0, 0.1) is 0 Å². The van der Waals surface area contributed by atoms with Crippen LogP contribution in [0.2, 0.25) is 0 Å². The number of carbonyl (C=O) groups is 2. The molecule has 1 aliphatic rings. The zero-order chi connectivity index (χ0) is 19.3. The zero-order valence-electron chi connectivity index (χ0n) is 15.1. The molecule has 0 aliphatic carbocycles. The first kappa shape index (κ1) is 18.2. The van der Waals surface area contributed by atoms with Crippen LogP contribution in [-0.4, -0.2) is 41.6 Å². The summed E-state index contributed by atoms with van der Waals surface area (Å²) >= 11 is 1.58. The van der Waals surface area contributed by atoms with Crippen LogP contribution < -0.4 is 5.32 Å². The topological polar surface area (TPSA) is 71.5 Å². The van der Waals surface area contributed by atoms with Crippen molar-refractivity contribution in [1.82, 2.24) is 9.88 Å². The molecule has 0 saturated carbocycles. The smallest absolute Gasteiger partial charge is 0.409 e. The monoisotopic (exact) mass is 393 g/mol. The van der Waals surface area contributed by atoms with Gasteiger partial charge in [-0.25, -0.2) is 9.78 Å². The van der Waals surface area contributed by atoms with Gasteiger partial charge in [0.15, 0.2) is 0 Å². The molecular weight excluding hydrogens is 374 g/mol. The lowest BCUT2D eigenvalue weighted by atomic mass is 10.1. The summed E-state index contributed by atoms with van der Waals surface area (Å²) in [7, 11) is 0. The van der Waals surface area contributed by atoms with E-state index >= 15 is 0 Å². The van der Waals surface area contributed by atoms with Gasteiger partial charge in [-0.3, -0.25) is 4.79 Å². The normalized spacial score (nSPS) is 13.4. The van der Waals surface area contributed by atoms with Crippen molar-refractivity contribution in [1.29, 1.82) is 0 Å². The van der Waals surface area contributed by atoms with Crippen molar-refractivity contribution in [2.75, 3.05) is 25.0 Å². The van der Waals surface area contributed by atoms with E-state index in [-0.39, 0.29) is 12.0 Å². The molecule has 1 aliphatic heterocycles. The minimum atomic E-state index is -0.245. The summed E-state index contributed by atoms with van der Waals surface area (Å²) in [4.78, 5) is 30.1. The van der Waals surface area contributed by atoms with Crippen LogP contribution in [-0.2, 0) is 11.2 Å². The van der Waals surface area contributed by atoms with Gasteiger partial charge in [0, 0.05) is 35.2 Å². The highest BCUT2D eigenvalue weighted by atomic mass is 32.1. The molecule has 1 N–H and O–H groups in total. The number of hydrogen-bond acceptors (Lipinski definition) is 5. The Kier molecular flexibility index (Phi) is 5.34. The van der Waals surface area contributed by atoms with E-state index < -0.39 is 0 Å². The summed E-state index contributed by atoms with van der Waals surface area (Å²) in [6, 6.07) is 16.7. The molecule has 1 saturated heterocycles. The molecule has 0 atom stereocenters. The van der Waals surface area contributed by atoms with Crippen molar-refractivity contribution in [2.45, 2.75) is 6.42 Å². The third-order valence-electron chi connectivity index (χ3n) is 4.47. The number of aromatic nitrogens is 1. The molecule has 6 nitrogen and oxygen atoms in total. The number of amides is 2. The van der Waals surface area contributed by atoms with Gasteiger partial charge in [-0.2, -0.15) is 0 Å². The number of nitrogens with zero attached hydrogens (tertiary/aromatic N) is 2. The predicted molar refractivity (Wildman–Crippen MR) is 109 cm³/mol. The Morgan fingerprint density at radius 1 is 1.14 bits per heavy atom. The SMILES string of the molecule is O=C(Nc1ccc(-c2csc(CCN3CCOC3=O)n2)cc1)c1ccccc1. The second-order valence-corrected chi connectivity index (χ2v) is 7.32. The van der Waals surface area contributed by atoms with Crippen molar-refractivity contribution < 1.29 is 14.3 Å². The Hall–Kier alpha value is -3.19. The lowest BCUT2D eigenvalue weighted by Crippen LogP contribution is -2.26. The van der Waals surface area contributed by atoms with Crippen LogP contribution in [0.3, 0.4) is 0 Å². The molecule has 4 rings (SSSR count). The number of anilines is 1. The lowest BCUT2D eigenvalue weighted by Gasteiger charge is -2.10. The fraction of sp³-hybridized carbons (Fsp3) is 0.190. The van der Waals surface area contributed by atoms with Crippen LogP contribution >= 0.6 is 11.3 Å². The van der Waals surface area contributed by atoms with Crippen molar-refractivity contribution in [3.05, 3.63) is 70.5 Å². The summed E-state index contributed by atoms with van der Waals surface area (Å²) in [5.41, 5.74) is 3.24. The van der Waals surface area contributed by atoms with Gasteiger partial charge in [0.2, 0.25) is 0 Å². The molecule has 0 radical (unpaired) electrons. The van der Waals surface area contributed by atoms with Crippen LogP contribution in [0.1, 0.15) is 15.4 Å². The number of benzene rings is 2. The highest BCUT2D eigenvalue weighted by Crippen LogP contribution is 2.24. The largest absolute Gasteiger partial charge is 0.448 e. The number of hydrogen-bond donors (Lipinski definition) is 1. The highest BCUT2D eigenvalue weighted by molar-refractivity contribution is 7.09. The Bertz CT molecular complexity index is 970. The van der Waals surface area contributed by atoms with Crippen LogP contribution in [0.25, 0.3) is 11.3 Å². The molecule has 0 bridgehead atoms. The van der Waals surface area contributed by atoms with E-state index in [9.17, 15) is 9.59 Å². The molecule has 1 fully saturated rings. The fourth-order valence-electron chi connectivity index (χ4n) is 2.93. The Balaban J connectivity index is 1.37. The number of carbonyl (C=O) groups excluding carboxylic acids is 2. The standard InChI is InChI=1S/C21H19N3O3S/c25-20(16-4-2-1-3-5-16)22-17-8-6-15(7-9-17)18-14-28-19(23-18)10-11-24-12-13-27-21(24)26/h1-9,14H,10-13H2,(H,22,25). The minimum Gasteiger partial charge on any atom is -0.448 e. The maximum atomic E-state index is 12.2. The third-order valence-corrected chi connectivity index (χ3v) is 5.38. The molecule has 2 aromatic carbocycles. The molecule has 28 heavy (non-hydrogen) atoms. The van der Waals surface area contributed by atoms with Gasteiger partial charge in [-0.15, -0.1) is 11.3 Å². The summed E-state index contributed by atoms with van der Waals surface area (Å²) in [5.74, 6) is -0.135.